The van der Waals surface area contributed by atoms with Gasteiger partial charge in [-0.25, -0.2) is 13.8 Å². The number of pyridine rings is 1. The van der Waals surface area contributed by atoms with Crippen LogP contribution in [-0.4, -0.2) is 44.6 Å². The van der Waals surface area contributed by atoms with E-state index in [2.05, 4.69) is 4.98 Å². The maximum atomic E-state index is 15.1. The number of benzene rings is 2. The fourth-order valence-corrected chi connectivity index (χ4v) is 6.64. The van der Waals surface area contributed by atoms with Crippen LogP contribution >= 0.6 is 0 Å². The Kier molecular flexibility index (Phi) is 6.77. The number of aliphatic carboxylic acids is 1. The molecule has 0 spiro atoms. The number of halogens is 2. The predicted octanol–water partition coefficient (Wildman–Crippen LogP) is 5.09. The van der Waals surface area contributed by atoms with Crippen molar-refractivity contribution in [3.8, 4) is 22.8 Å². The Balaban J connectivity index is 1.16. The summed E-state index contributed by atoms with van der Waals surface area (Å²) in [4.78, 5) is 15.6. The van der Waals surface area contributed by atoms with E-state index in [1.807, 2.05) is 26.0 Å². The summed E-state index contributed by atoms with van der Waals surface area (Å²) >= 11 is 0. The van der Waals surface area contributed by atoms with Gasteiger partial charge in [0.25, 0.3) is 0 Å². The SMILES string of the molecule is Cc1cc(OC2CC(C(C)(O)CO)C2)cc(C)c1-c1cc(COc2cc3c(cn2)C2C(C3)C2C(=O)O)c(F)cc1F. The zero-order valence-corrected chi connectivity index (χ0v) is 23.2. The summed E-state index contributed by atoms with van der Waals surface area (Å²) in [7, 11) is 0. The lowest BCUT2D eigenvalue weighted by Gasteiger charge is -2.43. The molecule has 0 radical (unpaired) electrons. The smallest absolute Gasteiger partial charge is 0.307 e. The molecule has 2 aromatic carbocycles. The lowest BCUT2D eigenvalue weighted by atomic mass is 9.72. The van der Waals surface area contributed by atoms with Crippen LogP contribution in [0.15, 0.2) is 36.5 Å². The standard InChI is InChI=1S/C32H33F2NO6/c1-15-4-20(41-21-9-19(10-21)32(3,39)14-36)5-16(2)28(15)22-7-18(25(33)11-26(22)34)13-40-27-8-17-6-23-29(24(17)12-35-27)30(23)31(37)38/h4-5,7-8,11-12,19,21,23,29-30,36,39H,6,9-10,13-14H2,1-3H3,(H,37,38). The van der Waals surface area contributed by atoms with Gasteiger partial charge in [0.2, 0.25) is 5.88 Å². The van der Waals surface area contributed by atoms with Crippen LogP contribution in [0, 0.1) is 43.2 Å². The average Bonchev–Trinajstić information content (AvgIpc) is 3.48. The van der Waals surface area contributed by atoms with Gasteiger partial charge in [0.05, 0.1) is 24.2 Å². The van der Waals surface area contributed by atoms with E-state index in [0.29, 0.717) is 36.5 Å². The molecule has 3 aliphatic carbocycles. The van der Waals surface area contributed by atoms with Gasteiger partial charge < -0.3 is 24.8 Å². The summed E-state index contributed by atoms with van der Waals surface area (Å²) in [5, 5.41) is 28.9. The largest absolute Gasteiger partial charge is 0.490 e. The molecule has 2 saturated carbocycles. The van der Waals surface area contributed by atoms with Crippen molar-refractivity contribution in [3.63, 3.8) is 0 Å². The lowest BCUT2D eigenvalue weighted by molar-refractivity contribution is -0.139. The van der Waals surface area contributed by atoms with E-state index in [9.17, 15) is 24.5 Å². The van der Waals surface area contributed by atoms with E-state index in [1.54, 1.807) is 19.2 Å². The number of rotatable bonds is 9. The van der Waals surface area contributed by atoms with Gasteiger partial charge in [-0.1, -0.05) is 0 Å². The molecule has 0 aliphatic heterocycles. The highest BCUT2D eigenvalue weighted by Gasteiger charge is 2.60. The summed E-state index contributed by atoms with van der Waals surface area (Å²) in [5.74, 6) is -1.47. The summed E-state index contributed by atoms with van der Waals surface area (Å²) in [6.45, 7) is 4.88. The van der Waals surface area contributed by atoms with Crippen LogP contribution in [-0.2, 0) is 17.8 Å². The summed E-state index contributed by atoms with van der Waals surface area (Å²) in [6, 6.07) is 7.77. The predicted molar refractivity (Wildman–Crippen MR) is 146 cm³/mol. The van der Waals surface area contributed by atoms with Crippen LogP contribution in [0.2, 0.25) is 0 Å². The first-order chi connectivity index (χ1) is 19.5. The van der Waals surface area contributed by atoms with Crippen molar-refractivity contribution in [3.05, 3.63) is 76.0 Å². The van der Waals surface area contributed by atoms with E-state index < -0.39 is 23.2 Å². The molecule has 4 unspecified atom stereocenters. The second-order valence-electron chi connectivity index (χ2n) is 12.0. The first-order valence-electron chi connectivity index (χ1n) is 13.9. The van der Waals surface area contributed by atoms with Crippen LogP contribution < -0.4 is 9.47 Å². The van der Waals surface area contributed by atoms with Crippen molar-refractivity contribution in [1.82, 2.24) is 4.98 Å². The lowest BCUT2D eigenvalue weighted by Crippen LogP contribution is -2.49. The van der Waals surface area contributed by atoms with E-state index in [-0.39, 0.29) is 54.1 Å². The van der Waals surface area contributed by atoms with Crippen LogP contribution in [0.5, 0.6) is 11.6 Å². The molecule has 41 heavy (non-hydrogen) atoms. The van der Waals surface area contributed by atoms with Gasteiger partial charge in [-0.05, 0) is 97.9 Å². The van der Waals surface area contributed by atoms with Crippen molar-refractivity contribution in [2.75, 3.05) is 6.61 Å². The Bertz CT molecular complexity index is 1510. The highest BCUT2D eigenvalue weighted by atomic mass is 19.1. The van der Waals surface area contributed by atoms with Gasteiger partial charge in [0.15, 0.2) is 0 Å². The fourth-order valence-electron chi connectivity index (χ4n) is 6.64. The van der Waals surface area contributed by atoms with Gasteiger partial charge in [0.1, 0.15) is 24.0 Å². The number of aliphatic hydroxyl groups excluding tert-OH is 1. The molecule has 6 rings (SSSR count). The third-order valence-electron chi connectivity index (χ3n) is 9.15. The Labute approximate surface area is 236 Å². The number of aromatic nitrogens is 1. The van der Waals surface area contributed by atoms with Crippen LogP contribution in [0.4, 0.5) is 8.78 Å². The number of fused-ring (bicyclic) bond motifs is 3. The molecule has 3 N–H and O–H groups in total. The number of ether oxygens (including phenoxy) is 2. The van der Waals surface area contributed by atoms with Crippen LogP contribution in [0.25, 0.3) is 11.1 Å². The van der Waals surface area contributed by atoms with Crippen molar-refractivity contribution in [1.29, 1.82) is 0 Å². The normalized spacial score (nSPS) is 25.5. The van der Waals surface area contributed by atoms with Gasteiger partial charge in [-0.3, -0.25) is 4.79 Å². The molecule has 216 valence electrons. The first kappa shape index (κ1) is 27.6. The number of hydrogen-bond acceptors (Lipinski definition) is 6. The monoisotopic (exact) mass is 565 g/mol. The average molecular weight is 566 g/mol. The number of hydrogen-bond donors (Lipinski definition) is 3. The van der Waals surface area contributed by atoms with E-state index >= 15 is 4.39 Å². The minimum absolute atomic E-state index is 0.0117. The minimum atomic E-state index is -1.13. The molecule has 0 bridgehead atoms. The van der Waals surface area contributed by atoms with E-state index in [1.165, 1.54) is 6.07 Å². The second kappa shape index (κ2) is 10.1. The number of carboxylic acid groups (broad SMARTS) is 1. The molecular weight excluding hydrogens is 532 g/mol. The van der Waals surface area contributed by atoms with Crippen LogP contribution in [0.1, 0.15) is 53.5 Å². The van der Waals surface area contributed by atoms with Crippen molar-refractivity contribution in [2.45, 2.75) is 64.3 Å². The second-order valence-corrected chi connectivity index (χ2v) is 12.0. The Hall–Kier alpha value is -3.56. The quantitative estimate of drug-likeness (QED) is 0.332. The number of nitrogens with zero attached hydrogens (tertiary/aromatic N) is 1. The van der Waals surface area contributed by atoms with Crippen LogP contribution in [0.3, 0.4) is 0 Å². The minimum Gasteiger partial charge on any atom is -0.490 e. The maximum Gasteiger partial charge on any atom is 0.307 e. The Morgan fingerprint density at radius 1 is 1.10 bits per heavy atom. The van der Waals surface area contributed by atoms with Gasteiger partial charge in [0, 0.05) is 35.4 Å². The third kappa shape index (κ3) is 4.95. The fraction of sp³-hybridized carbons (Fsp3) is 0.438. The number of aryl methyl sites for hydroxylation is 2. The molecule has 0 saturated heterocycles. The molecule has 4 atom stereocenters. The summed E-state index contributed by atoms with van der Waals surface area (Å²) in [6.07, 6.45) is 3.50. The topological polar surface area (TPSA) is 109 Å². The Morgan fingerprint density at radius 2 is 1.80 bits per heavy atom. The first-order valence-corrected chi connectivity index (χ1v) is 13.9. The maximum absolute atomic E-state index is 15.1. The molecule has 1 aromatic heterocycles. The van der Waals surface area contributed by atoms with Crippen molar-refractivity contribution < 1.29 is 38.4 Å². The molecule has 2 fully saturated rings. The van der Waals surface area contributed by atoms with Crippen molar-refractivity contribution >= 4 is 5.97 Å². The highest BCUT2D eigenvalue weighted by molar-refractivity contribution is 5.78. The summed E-state index contributed by atoms with van der Waals surface area (Å²) < 4.78 is 41.7. The van der Waals surface area contributed by atoms with Gasteiger partial charge in [-0.15, -0.1) is 0 Å². The molecule has 0 amide bonds. The van der Waals surface area contributed by atoms with Gasteiger partial charge in [-0.2, -0.15) is 0 Å². The molecule has 3 aromatic rings. The van der Waals surface area contributed by atoms with E-state index in [0.717, 1.165) is 28.3 Å². The molecule has 3 aliphatic rings. The van der Waals surface area contributed by atoms with E-state index in [4.69, 9.17) is 9.47 Å². The molecule has 1 heterocycles. The number of carbonyl (C=O) groups is 1. The zero-order valence-electron chi connectivity index (χ0n) is 23.2. The molecular formula is C32H33F2NO6. The zero-order chi connectivity index (χ0) is 29.2. The highest BCUT2D eigenvalue weighted by Crippen LogP contribution is 2.61. The molecule has 7 nitrogen and oxygen atoms in total. The Morgan fingerprint density at radius 3 is 2.46 bits per heavy atom. The van der Waals surface area contributed by atoms with Gasteiger partial charge >= 0.3 is 5.97 Å². The number of carboxylic acids is 1. The molecule has 9 heteroatoms. The number of aliphatic hydroxyl groups is 2. The third-order valence-corrected chi connectivity index (χ3v) is 9.15. The summed E-state index contributed by atoms with van der Waals surface area (Å²) in [5.41, 5.74) is 3.46. The van der Waals surface area contributed by atoms with Crippen molar-refractivity contribution in [2.24, 2.45) is 17.8 Å².